The summed E-state index contributed by atoms with van der Waals surface area (Å²) in [4.78, 5) is 12.8. The predicted octanol–water partition coefficient (Wildman–Crippen LogP) is 6.34. The van der Waals surface area contributed by atoms with Crippen LogP contribution in [0.25, 0.3) is 16.9 Å². The van der Waals surface area contributed by atoms with E-state index in [2.05, 4.69) is 29.8 Å². The molecule has 0 atom stereocenters. The van der Waals surface area contributed by atoms with Crippen LogP contribution < -0.4 is 0 Å². The number of nitrogens with zero attached hydrogens (tertiary/aromatic N) is 1. The summed E-state index contributed by atoms with van der Waals surface area (Å²) in [5.74, 6) is -1.71. The molecule has 138 valence electrons. The van der Waals surface area contributed by atoms with Crippen molar-refractivity contribution in [2.75, 3.05) is 0 Å². The standard InChI is InChI=1S/C22H18BrF2NO/c1-22(2)11-20-16(21(27)12-22)10-19(13-4-3-5-14(23)8-13)26(20)15-6-7-17(24)18(25)9-15/h3-10H,11-12H2,1-2H3. The molecular formula is C22H18BrF2NO. The normalized spacial score (nSPS) is 15.7. The Balaban J connectivity index is 2.02. The van der Waals surface area contributed by atoms with Gasteiger partial charge >= 0.3 is 0 Å². The molecule has 0 N–H and O–H groups in total. The van der Waals surface area contributed by atoms with E-state index in [9.17, 15) is 13.6 Å². The van der Waals surface area contributed by atoms with Crippen molar-refractivity contribution in [1.82, 2.24) is 4.57 Å². The smallest absolute Gasteiger partial charge is 0.165 e. The van der Waals surface area contributed by atoms with Crippen LogP contribution in [0.5, 0.6) is 0 Å². The van der Waals surface area contributed by atoms with E-state index in [0.29, 0.717) is 24.1 Å². The number of aromatic nitrogens is 1. The Kier molecular flexibility index (Phi) is 4.30. The third-order valence-corrected chi connectivity index (χ3v) is 5.46. The Labute approximate surface area is 165 Å². The lowest BCUT2D eigenvalue weighted by Gasteiger charge is -2.30. The first kappa shape index (κ1) is 18.1. The first-order valence-electron chi connectivity index (χ1n) is 8.74. The molecule has 5 heteroatoms. The van der Waals surface area contributed by atoms with Crippen molar-refractivity contribution in [3.8, 4) is 16.9 Å². The van der Waals surface area contributed by atoms with Crippen LogP contribution in [0.2, 0.25) is 0 Å². The van der Waals surface area contributed by atoms with Gasteiger partial charge in [-0.3, -0.25) is 4.79 Å². The molecule has 0 bridgehead atoms. The zero-order valence-corrected chi connectivity index (χ0v) is 16.6. The molecule has 0 fully saturated rings. The highest BCUT2D eigenvalue weighted by atomic mass is 79.9. The Morgan fingerprint density at radius 1 is 1.00 bits per heavy atom. The highest BCUT2D eigenvalue weighted by Gasteiger charge is 2.35. The molecule has 3 aromatic rings. The molecule has 2 nitrogen and oxygen atoms in total. The minimum absolute atomic E-state index is 0.0823. The number of hydrogen-bond acceptors (Lipinski definition) is 1. The first-order chi connectivity index (χ1) is 12.7. The first-order valence-corrected chi connectivity index (χ1v) is 9.54. The lowest BCUT2D eigenvalue weighted by Crippen LogP contribution is -2.27. The summed E-state index contributed by atoms with van der Waals surface area (Å²) in [7, 11) is 0. The van der Waals surface area contributed by atoms with Crippen molar-refractivity contribution in [3.63, 3.8) is 0 Å². The van der Waals surface area contributed by atoms with Gasteiger partial charge < -0.3 is 4.57 Å². The van der Waals surface area contributed by atoms with Crippen molar-refractivity contribution in [2.45, 2.75) is 26.7 Å². The molecule has 0 unspecified atom stereocenters. The molecule has 0 saturated carbocycles. The SMILES string of the molecule is CC1(C)CC(=O)c2cc(-c3cccc(Br)c3)n(-c3ccc(F)c(F)c3)c2C1. The fourth-order valence-electron chi connectivity index (χ4n) is 3.79. The lowest BCUT2D eigenvalue weighted by atomic mass is 9.76. The summed E-state index contributed by atoms with van der Waals surface area (Å²) in [6.45, 7) is 4.10. The summed E-state index contributed by atoms with van der Waals surface area (Å²) >= 11 is 3.48. The van der Waals surface area contributed by atoms with Gasteiger partial charge in [-0.25, -0.2) is 8.78 Å². The maximum atomic E-state index is 14.0. The van der Waals surface area contributed by atoms with Crippen LogP contribution in [0.4, 0.5) is 8.78 Å². The van der Waals surface area contributed by atoms with E-state index < -0.39 is 11.6 Å². The number of halogens is 3. The van der Waals surface area contributed by atoms with Crippen LogP contribution in [0.1, 0.15) is 36.3 Å². The van der Waals surface area contributed by atoms with Gasteiger partial charge in [0.15, 0.2) is 17.4 Å². The van der Waals surface area contributed by atoms with Crippen molar-refractivity contribution in [2.24, 2.45) is 5.41 Å². The average molecular weight is 430 g/mol. The van der Waals surface area contributed by atoms with Crippen molar-refractivity contribution in [1.29, 1.82) is 0 Å². The molecule has 1 aromatic heterocycles. The van der Waals surface area contributed by atoms with Crippen molar-refractivity contribution < 1.29 is 13.6 Å². The molecule has 0 spiro atoms. The summed E-state index contributed by atoms with van der Waals surface area (Å²) < 4.78 is 30.3. The molecule has 4 rings (SSSR count). The molecule has 27 heavy (non-hydrogen) atoms. The number of ketones is 1. The predicted molar refractivity (Wildman–Crippen MR) is 105 cm³/mol. The van der Waals surface area contributed by atoms with Crippen LogP contribution in [-0.2, 0) is 6.42 Å². The molecule has 1 heterocycles. The van der Waals surface area contributed by atoms with E-state index in [-0.39, 0.29) is 11.2 Å². The second-order valence-electron chi connectivity index (χ2n) is 7.78. The van der Waals surface area contributed by atoms with Crippen LogP contribution in [0.15, 0.2) is 53.0 Å². The molecule has 0 aliphatic heterocycles. The van der Waals surface area contributed by atoms with Gasteiger partial charge in [0.2, 0.25) is 0 Å². The van der Waals surface area contributed by atoms with E-state index in [1.807, 2.05) is 34.9 Å². The number of rotatable bonds is 2. The van der Waals surface area contributed by atoms with E-state index in [1.54, 1.807) is 6.07 Å². The van der Waals surface area contributed by atoms with Gasteiger partial charge in [-0.2, -0.15) is 0 Å². The molecule has 1 aliphatic rings. The Morgan fingerprint density at radius 3 is 2.48 bits per heavy atom. The van der Waals surface area contributed by atoms with Crippen molar-refractivity contribution in [3.05, 3.63) is 75.9 Å². The summed E-state index contributed by atoms with van der Waals surface area (Å²) in [5, 5.41) is 0. The van der Waals surface area contributed by atoms with Crippen LogP contribution in [0.3, 0.4) is 0 Å². The fourth-order valence-corrected chi connectivity index (χ4v) is 4.19. The summed E-state index contributed by atoms with van der Waals surface area (Å²) in [6.07, 6.45) is 1.15. The van der Waals surface area contributed by atoms with Gasteiger partial charge in [-0.05, 0) is 47.7 Å². The maximum absolute atomic E-state index is 14.0. The number of hydrogen-bond donors (Lipinski definition) is 0. The molecule has 2 aromatic carbocycles. The van der Waals surface area contributed by atoms with Gasteiger partial charge in [0.05, 0.1) is 5.69 Å². The monoisotopic (exact) mass is 429 g/mol. The number of fused-ring (bicyclic) bond motifs is 1. The zero-order valence-electron chi connectivity index (χ0n) is 15.0. The quantitative estimate of drug-likeness (QED) is 0.465. The van der Waals surface area contributed by atoms with Crippen LogP contribution >= 0.6 is 15.9 Å². The van der Waals surface area contributed by atoms with Crippen LogP contribution in [0, 0.1) is 17.0 Å². The van der Waals surface area contributed by atoms with Gasteiger partial charge in [0.25, 0.3) is 0 Å². The molecule has 1 aliphatic carbocycles. The van der Waals surface area contributed by atoms with E-state index in [1.165, 1.54) is 6.07 Å². The topological polar surface area (TPSA) is 22.0 Å². The number of Topliss-reactive ketones (excluding diaryl/α,β-unsaturated/α-hetero) is 1. The van der Waals surface area contributed by atoms with E-state index in [0.717, 1.165) is 27.5 Å². The minimum Gasteiger partial charge on any atom is -0.313 e. The molecule has 0 saturated heterocycles. The number of carbonyl (C=O) groups is 1. The lowest BCUT2D eigenvalue weighted by molar-refractivity contribution is 0.0911. The Hall–Kier alpha value is -2.27. The highest BCUT2D eigenvalue weighted by molar-refractivity contribution is 9.10. The average Bonchev–Trinajstić information content (AvgIpc) is 2.96. The summed E-state index contributed by atoms with van der Waals surface area (Å²) in [6, 6.07) is 13.4. The van der Waals surface area contributed by atoms with Gasteiger partial charge in [-0.1, -0.05) is 41.9 Å². The van der Waals surface area contributed by atoms with E-state index >= 15 is 0 Å². The Bertz CT molecular complexity index is 1070. The maximum Gasteiger partial charge on any atom is 0.165 e. The van der Waals surface area contributed by atoms with Gasteiger partial charge in [0.1, 0.15) is 0 Å². The third-order valence-electron chi connectivity index (χ3n) is 4.97. The molecular weight excluding hydrogens is 412 g/mol. The van der Waals surface area contributed by atoms with E-state index in [4.69, 9.17) is 0 Å². The molecule has 0 amide bonds. The summed E-state index contributed by atoms with van der Waals surface area (Å²) in [5.41, 5.74) is 3.52. The van der Waals surface area contributed by atoms with Gasteiger partial charge in [0, 0.05) is 33.9 Å². The largest absolute Gasteiger partial charge is 0.313 e. The van der Waals surface area contributed by atoms with Crippen molar-refractivity contribution >= 4 is 21.7 Å². The zero-order chi connectivity index (χ0) is 19.3. The third kappa shape index (κ3) is 3.25. The minimum atomic E-state index is -0.906. The highest BCUT2D eigenvalue weighted by Crippen LogP contribution is 2.40. The number of carbonyl (C=O) groups excluding carboxylic acids is 1. The van der Waals surface area contributed by atoms with Crippen LogP contribution in [-0.4, -0.2) is 10.4 Å². The second-order valence-corrected chi connectivity index (χ2v) is 8.69. The second kappa shape index (κ2) is 6.41. The fraction of sp³-hybridized carbons (Fsp3) is 0.227. The van der Waals surface area contributed by atoms with Gasteiger partial charge in [-0.15, -0.1) is 0 Å². The Morgan fingerprint density at radius 2 is 1.78 bits per heavy atom. The molecule has 0 radical (unpaired) electrons. The number of benzene rings is 2.